The molecule has 0 saturated heterocycles. The fourth-order valence-corrected chi connectivity index (χ4v) is 3.81. The van der Waals surface area contributed by atoms with Crippen molar-refractivity contribution in [2.24, 2.45) is 0 Å². The summed E-state index contributed by atoms with van der Waals surface area (Å²) in [6, 6.07) is 16.3. The van der Waals surface area contributed by atoms with Crippen molar-refractivity contribution in [3.63, 3.8) is 0 Å². The van der Waals surface area contributed by atoms with Gasteiger partial charge in [-0.05, 0) is 29.8 Å². The molecule has 28 heavy (non-hydrogen) atoms. The van der Waals surface area contributed by atoms with Gasteiger partial charge in [-0.3, -0.25) is 10.00 Å². The third-order valence-corrected chi connectivity index (χ3v) is 5.41. The Balaban J connectivity index is 1.33. The first-order valence-corrected chi connectivity index (χ1v) is 9.62. The zero-order valence-corrected chi connectivity index (χ0v) is 16.0. The van der Waals surface area contributed by atoms with Crippen LogP contribution in [-0.4, -0.2) is 36.4 Å². The highest BCUT2D eigenvalue weighted by Gasteiger charge is 2.22. The minimum atomic E-state index is 0.740. The van der Waals surface area contributed by atoms with Gasteiger partial charge in [0.1, 0.15) is 12.7 Å². The number of hydrogen-bond acceptors (Lipinski definition) is 4. The molecule has 2 aromatic heterocycles. The molecular weight excluding hydrogens is 372 g/mol. The summed E-state index contributed by atoms with van der Waals surface area (Å²) in [5.41, 5.74) is 6.94. The number of aromatic nitrogens is 5. The number of nitrogens with one attached hydrogen (secondary N) is 1. The van der Waals surface area contributed by atoms with Crippen molar-refractivity contribution in [2.75, 3.05) is 6.54 Å². The smallest absolute Gasteiger partial charge is 0.138 e. The third-order valence-electron chi connectivity index (χ3n) is 5.16. The van der Waals surface area contributed by atoms with Gasteiger partial charge in [0.25, 0.3) is 0 Å². The standard InChI is InChI=1S/C21H19ClN6/c22-17-5-3-16(4-6-17)21-19-12-27(10-9-20(19)25-26-21)11-15-1-7-18(8-2-15)28-14-23-13-24-28/h1-8,13-14H,9-12H2,(H,25,26). The molecule has 0 unspecified atom stereocenters. The summed E-state index contributed by atoms with van der Waals surface area (Å²) in [6.07, 6.45) is 4.23. The predicted octanol–water partition coefficient (Wildman–Crippen LogP) is 3.87. The summed E-state index contributed by atoms with van der Waals surface area (Å²) in [5.74, 6) is 0. The van der Waals surface area contributed by atoms with Crippen LogP contribution >= 0.6 is 11.6 Å². The molecule has 0 atom stereocenters. The molecule has 0 radical (unpaired) electrons. The van der Waals surface area contributed by atoms with Crippen LogP contribution in [0.2, 0.25) is 5.02 Å². The van der Waals surface area contributed by atoms with Gasteiger partial charge >= 0.3 is 0 Å². The lowest BCUT2D eigenvalue weighted by Gasteiger charge is -2.27. The molecule has 1 aliphatic rings. The van der Waals surface area contributed by atoms with Gasteiger partial charge in [-0.25, -0.2) is 9.67 Å². The second-order valence-corrected chi connectivity index (χ2v) is 7.44. The van der Waals surface area contributed by atoms with E-state index in [4.69, 9.17) is 11.6 Å². The van der Waals surface area contributed by atoms with Gasteiger partial charge in [0.05, 0.1) is 11.4 Å². The molecule has 0 spiro atoms. The molecule has 0 bridgehead atoms. The second kappa shape index (κ2) is 7.22. The summed E-state index contributed by atoms with van der Waals surface area (Å²) in [4.78, 5) is 6.46. The molecule has 4 aromatic rings. The first-order chi connectivity index (χ1) is 13.8. The zero-order chi connectivity index (χ0) is 18.9. The Hall–Kier alpha value is -2.96. The lowest BCUT2D eigenvalue weighted by molar-refractivity contribution is 0.245. The fourth-order valence-electron chi connectivity index (χ4n) is 3.69. The molecular formula is C21H19ClN6. The van der Waals surface area contributed by atoms with E-state index in [1.165, 1.54) is 16.8 Å². The van der Waals surface area contributed by atoms with E-state index in [0.717, 1.165) is 48.0 Å². The third kappa shape index (κ3) is 3.32. The number of nitrogens with zero attached hydrogens (tertiary/aromatic N) is 5. The summed E-state index contributed by atoms with van der Waals surface area (Å²) >= 11 is 6.03. The fraction of sp³-hybridized carbons (Fsp3) is 0.190. The van der Waals surface area contributed by atoms with E-state index in [1.807, 2.05) is 24.3 Å². The minimum absolute atomic E-state index is 0.740. The average Bonchev–Trinajstić information content (AvgIpc) is 3.39. The summed E-state index contributed by atoms with van der Waals surface area (Å²) in [7, 11) is 0. The van der Waals surface area contributed by atoms with Crippen molar-refractivity contribution in [3.8, 4) is 16.9 Å². The maximum absolute atomic E-state index is 6.03. The van der Waals surface area contributed by atoms with Crippen LogP contribution in [0, 0.1) is 0 Å². The number of rotatable bonds is 4. The van der Waals surface area contributed by atoms with Gasteiger partial charge < -0.3 is 0 Å². The molecule has 0 saturated carbocycles. The molecule has 0 fully saturated rings. The number of fused-ring (bicyclic) bond motifs is 1. The Labute approximate surface area is 167 Å². The van der Waals surface area contributed by atoms with E-state index in [1.54, 1.807) is 17.3 Å². The Morgan fingerprint density at radius 1 is 1.04 bits per heavy atom. The second-order valence-electron chi connectivity index (χ2n) is 7.00. The monoisotopic (exact) mass is 390 g/mol. The minimum Gasteiger partial charge on any atom is -0.294 e. The van der Waals surface area contributed by atoms with E-state index < -0.39 is 0 Å². The Bertz CT molecular complexity index is 1070. The number of hydrogen-bond donors (Lipinski definition) is 1. The number of H-pyrrole nitrogens is 1. The van der Waals surface area contributed by atoms with E-state index in [9.17, 15) is 0 Å². The molecule has 7 heteroatoms. The van der Waals surface area contributed by atoms with E-state index in [2.05, 4.69) is 49.4 Å². The molecule has 0 amide bonds. The SMILES string of the molecule is Clc1ccc(-c2n[nH]c3c2CN(Cc2ccc(-n4cncn4)cc2)CC3)cc1. The van der Waals surface area contributed by atoms with Crippen molar-refractivity contribution in [2.45, 2.75) is 19.5 Å². The molecule has 6 nitrogen and oxygen atoms in total. The zero-order valence-electron chi connectivity index (χ0n) is 15.2. The van der Waals surface area contributed by atoms with Crippen LogP contribution < -0.4 is 0 Å². The molecule has 2 aromatic carbocycles. The van der Waals surface area contributed by atoms with Crippen LogP contribution in [-0.2, 0) is 19.5 Å². The Kier molecular flexibility index (Phi) is 4.43. The number of benzene rings is 2. The van der Waals surface area contributed by atoms with Crippen molar-refractivity contribution < 1.29 is 0 Å². The molecule has 1 aliphatic heterocycles. The maximum atomic E-state index is 6.03. The van der Waals surface area contributed by atoms with Crippen LogP contribution in [0.25, 0.3) is 16.9 Å². The maximum Gasteiger partial charge on any atom is 0.138 e. The van der Waals surface area contributed by atoms with Gasteiger partial charge in [0, 0.05) is 47.9 Å². The quantitative estimate of drug-likeness (QED) is 0.574. The lowest BCUT2D eigenvalue weighted by Crippen LogP contribution is -2.30. The highest BCUT2D eigenvalue weighted by Crippen LogP contribution is 2.29. The molecule has 140 valence electrons. The first kappa shape index (κ1) is 17.2. The highest BCUT2D eigenvalue weighted by molar-refractivity contribution is 6.30. The van der Waals surface area contributed by atoms with Gasteiger partial charge in [-0.15, -0.1) is 0 Å². The largest absolute Gasteiger partial charge is 0.294 e. The van der Waals surface area contributed by atoms with E-state index in [0.29, 0.717) is 0 Å². The van der Waals surface area contributed by atoms with Crippen LogP contribution in [0.4, 0.5) is 0 Å². The van der Waals surface area contributed by atoms with Crippen LogP contribution in [0.15, 0.2) is 61.2 Å². The van der Waals surface area contributed by atoms with Gasteiger partial charge in [-0.1, -0.05) is 35.9 Å². The molecule has 5 rings (SSSR count). The Morgan fingerprint density at radius 2 is 1.86 bits per heavy atom. The summed E-state index contributed by atoms with van der Waals surface area (Å²) in [5, 5.41) is 12.7. The molecule has 0 aliphatic carbocycles. The highest BCUT2D eigenvalue weighted by atomic mass is 35.5. The van der Waals surface area contributed by atoms with Crippen molar-refractivity contribution in [1.82, 2.24) is 29.9 Å². The number of halogens is 1. The summed E-state index contributed by atoms with van der Waals surface area (Å²) in [6.45, 7) is 2.80. The molecule has 3 heterocycles. The average molecular weight is 391 g/mol. The van der Waals surface area contributed by atoms with Gasteiger partial charge in [0.15, 0.2) is 0 Å². The van der Waals surface area contributed by atoms with Crippen molar-refractivity contribution >= 4 is 11.6 Å². The van der Waals surface area contributed by atoms with Crippen LogP contribution in [0.5, 0.6) is 0 Å². The first-order valence-electron chi connectivity index (χ1n) is 9.24. The van der Waals surface area contributed by atoms with E-state index >= 15 is 0 Å². The van der Waals surface area contributed by atoms with Crippen molar-refractivity contribution in [1.29, 1.82) is 0 Å². The number of aromatic amines is 1. The van der Waals surface area contributed by atoms with Gasteiger partial charge in [-0.2, -0.15) is 10.2 Å². The lowest BCUT2D eigenvalue weighted by atomic mass is 10.0. The molecule has 1 N–H and O–H groups in total. The van der Waals surface area contributed by atoms with Crippen LogP contribution in [0.3, 0.4) is 0 Å². The Morgan fingerprint density at radius 3 is 2.61 bits per heavy atom. The van der Waals surface area contributed by atoms with Crippen LogP contribution in [0.1, 0.15) is 16.8 Å². The predicted molar refractivity (Wildman–Crippen MR) is 108 cm³/mol. The summed E-state index contributed by atoms with van der Waals surface area (Å²) < 4.78 is 1.76. The van der Waals surface area contributed by atoms with E-state index in [-0.39, 0.29) is 0 Å². The van der Waals surface area contributed by atoms with Crippen molar-refractivity contribution in [3.05, 3.63) is 83.0 Å². The topological polar surface area (TPSA) is 62.6 Å². The normalized spacial score (nSPS) is 14.2. The van der Waals surface area contributed by atoms with Gasteiger partial charge in [0.2, 0.25) is 0 Å².